The van der Waals surface area contributed by atoms with E-state index in [1.165, 1.54) is 23.8 Å². The van der Waals surface area contributed by atoms with Gasteiger partial charge in [-0.15, -0.1) is 11.8 Å². The minimum Gasteiger partial charge on any atom is -0.477 e. The van der Waals surface area contributed by atoms with Crippen LogP contribution in [0.1, 0.15) is 5.82 Å². The number of β-lactam (4-membered cyclic amide) rings is 1. The molecule has 0 bridgehead atoms. The van der Waals surface area contributed by atoms with Gasteiger partial charge < -0.3 is 21.0 Å². The van der Waals surface area contributed by atoms with Gasteiger partial charge in [0.25, 0.3) is 11.8 Å². The van der Waals surface area contributed by atoms with Crippen molar-refractivity contribution in [2.24, 2.45) is 5.16 Å². The van der Waals surface area contributed by atoms with E-state index in [-0.39, 0.29) is 22.4 Å². The molecular formula is C18H18N7O5S2+. The fourth-order valence-corrected chi connectivity index (χ4v) is 5.15. The molecule has 0 aliphatic carbocycles. The lowest BCUT2D eigenvalue weighted by atomic mass is 10.0. The number of rotatable bonds is 7. The van der Waals surface area contributed by atoms with Crippen LogP contribution >= 0.6 is 23.3 Å². The van der Waals surface area contributed by atoms with Gasteiger partial charge in [-0.25, -0.2) is 9.36 Å². The summed E-state index contributed by atoms with van der Waals surface area (Å²) >= 11 is 2.26. The van der Waals surface area contributed by atoms with Crippen LogP contribution in [0.3, 0.4) is 0 Å². The summed E-state index contributed by atoms with van der Waals surface area (Å²) < 4.78 is 5.77. The second kappa shape index (κ2) is 8.92. The second-order valence-corrected chi connectivity index (χ2v) is 8.63. The number of hydrogen-bond acceptors (Lipinski definition) is 10. The molecule has 2 amide bonds. The minimum atomic E-state index is -1.19. The maximum atomic E-state index is 12.8. The lowest BCUT2D eigenvalue weighted by Crippen LogP contribution is -2.71. The summed E-state index contributed by atoms with van der Waals surface area (Å²) in [5.41, 5.74) is 5.88. The van der Waals surface area contributed by atoms with E-state index in [1.54, 1.807) is 0 Å². The number of carboxylic acids is 1. The van der Waals surface area contributed by atoms with Crippen LogP contribution in [0.15, 0.2) is 47.0 Å². The van der Waals surface area contributed by atoms with E-state index >= 15 is 0 Å². The number of pyridine rings is 1. The van der Waals surface area contributed by atoms with Crippen molar-refractivity contribution in [1.82, 2.24) is 19.6 Å². The standard InChI is InChI=1S/C18H17N7O5S2/c1-30-22-10(13-21-18(19)32-23-13)14(26)20-11-15(27)25-12(17(28)29)9(8-31-16(11)25)7-24-5-3-2-4-6-24/h2-6,11,16H,7-8H2,1H3,(H3-,19,20,21,23,26,28,29)/p+1/b22-10+/t11?,16-/m1/s1. The Morgan fingerprint density at radius 1 is 1.41 bits per heavy atom. The van der Waals surface area contributed by atoms with E-state index in [9.17, 15) is 19.5 Å². The van der Waals surface area contributed by atoms with Gasteiger partial charge in [-0.2, -0.15) is 9.36 Å². The van der Waals surface area contributed by atoms with Gasteiger partial charge in [-0.1, -0.05) is 11.2 Å². The predicted molar refractivity (Wildman–Crippen MR) is 114 cm³/mol. The van der Waals surface area contributed by atoms with Crippen LogP contribution in [-0.2, 0) is 25.8 Å². The third-order valence-corrected chi connectivity index (χ3v) is 6.62. The molecule has 1 saturated heterocycles. The van der Waals surface area contributed by atoms with Gasteiger partial charge in [0, 0.05) is 35.0 Å². The zero-order valence-electron chi connectivity index (χ0n) is 16.7. The van der Waals surface area contributed by atoms with Crippen LogP contribution < -0.4 is 15.6 Å². The smallest absolute Gasteiger partial charge is 0.352 e. The molecule has 0 radical (unpaired) electrons. The molecule has 1 unspecified atom stereocenters. The summed E-state index contributed by atoms with van der Waals surface area (Å²) in [5, 5.41) is 15.6. The molecule has 4 N–H and O–H groups in total. The van der Waals surface area contributed by atoms with E-state index in [2.05, 4.69) is 19.8 Å². The normalized spacial score (nSPS) is 20.5. The van der Waals surface area contributed by atoms with Crippen molar-refractivity contribution in [3.63, 3.8) is 0 Å². The van der Waals surface area contributed by atoms with Gasteiger partial charge in [-0.05, 0) is 0 Å². The summed E-state index contributed by atoms with van der Waals surface area (Å²) in [5.74, 6) is -2.07. The molecular weight excluding hydrogens is 458 g/mol. The third kappa shape index (κ3) is 4.01. The summed E-state index contributed by atoms with van der Waals surface area (Å²) in [7, 11) is 1.26. The average Bonchev–Trinajstić information content (AvgIpc) is 3.21. The Morgan fingerprint density at radius 3 is 2.78 bits per heavy atom. The van der Waals surface area contributed by atoms with Crippen LogP contribution in [0.2, 0.25) is 0 Å². The highest BCUT2D eigenvalue weighted by atomic mass is 32.2. The largest absolute Gasteiger partial charge is 0.477 e. The number of carboxylic acid groups (broad SMARTS) is 1. The first-order valence-corrected chi connectivity index (χ1v) is 11.1. The lowest BCUT2D eigenvalue weighted by molar-refractivity contribution is -0.689. The van der Waals surface area contributed by atoms with Crippen molar-refractivity contribution in [2.45, 2.75) is 18.0 Å². The van der Waals surface area contributed by atoms with Crippen molar-refractivity contribution >= 4 is 51.9 Å². The van der Waals surface area contributed by atoms with Crippen LogP contribution in [0.4, 0.5) is 5.13 Å². The van der Waals surface area contributed by atoms with Crippen LogP contribution in [-0.4, -0.2) is 67.1 Å². The highest BCUT2D eigenvalue weighted by Gasteiger charge is 2.54. The molecule has 166 valence electrons. The number of aliphatic carboxylic acids is 1. The number of carbonyl (C=O) groups excluding carboxylic acids is 2. The highest BCUT2D eigenvalue weighted by Crippen LogP contribution is 2.40. The highest BCUT2D eigenvalue weighted by molar-refractivity contribution is 8.00. The number of aromatic nitrogens is 3. The van der Waals surface area contributed by atoms with Crippen molar-refractivity contribution < 1.29 is 28.9 Å². The minimum absolute atomic E-state index is 0.0277. The Kier molecular flexibility index (Phi) is 6.05. The van der Waals surface area contributed by atoms with Crippen molar-refractivity contribution in [3.05, 3.63) is 47.7 Å². The number of oxime groups is 1. The Hall–Kier alpha value is -3.52. The molecule has 4 rings (SSSR count). The van der Waals surface area contributed by atoms with E-state index in [0.29, 0.717) is 17.9 Å². The molecule has 2 aliphatic rings. The van der Waals surface area contributed by atoms with Crippen molar-refractivity contribution in [2.75, 3.05) is 18.6 Å². The molecule has 1 fully saturated rings. The number of thioether (sulfide) groups is 1. The fourth-order valence-electron chi connectivity index (χ4n) is 3.38. The first-order valence-electron chi connectivity index (χ1n) is 9.26. The van der Waals surface area contributed by atoms with E-state index < -0.39 is 29.2 Å². The summed E-state index contributed by atoms with van der Waals surface area (Å²) in [6.45, 7) is 0.338. The average molecular weight is 477 g/mol. The SMILES string of the molecule is CO/N=C(/C(=O)NC1C(=O)N2C(C(=O)O)=C(C[n+]3ccccc3)CS[C@H]12)c1nsc(N)n1. The molecule has 14 heteroatoms. The molecule has 2 atom stereocenters. The molecule has 2 aromatic rings. The van der Waals surface area contributed by atoms with Gasteiger partial charge in [-0.3, -0.25) is 14.5 Å². The first-order chi connectivity index (χ1) is 15.4. The quantitative estimate of drug-likeness (QED) is 0.201. The molecule has 0 aromatic carbocycles. The molecule has 32 heavy (non-hydrogen) atoms. The number of nitrogens with two attached hydrogens (primary N) is 1. The number of nitrogen functional groups attached to an aromatic ring is 1. The van der Waals surface area contributed by atoms with Gasteiger partial charge >= 0.3 is 5.97 Å². The van der Waals surface area contributed by atoms with E-state index in [0.717, 1.165) is 11.5 Å². The fraction of sp³-hybridized carbons (Fsp3) is 0.278. The number of carbonyl (C=O) groups is 3. The van der Waals surface area contributed by atoms with E-state index in [4.69, 9.17) is 10.6 Å². The van der Waals surface area contributed by atoms with Gasteiger partial charge in [0.05, 0.1) is 0 Å². The van der Waals surface area contributed by atoms with Crippen molar-refractivity contribution in [3.8, 4) is 0 Å². The van der Waals surface area contributed by atoms with Gasteiger partial charge in [0.15, 0.2) is 24.1 Å². The second-order valence-electron chi connectivity index (χ2n) is 6.74. The number of nitrogens with one attached hydrogen (secondary N) is 1. The first kappa shape index (κ1) is 21.7. The predicted octanol–water partition coefficient (Wildman–Crippen LogP) is -0.803. The van der Waals surface area contributed by atoms with Crippen LogP contribution in [0.25, 0.3) is 0 Å². The Balaban J connectivity index is 1.53. The number of fused-ring (bicyclic) bond motifs is 1. The van der Waals surface area contributed by atoms with Crippen LogP contribution in [0.5, 0.6) is 0 Å². The topological polar surface area (TPSA) is 164 Å². The molecule has 0 spiro atoms. The van der Waals surface area contributed by atoms with Gasteiger partial charge in [0.2, 0.25) is 11.5 Å². The molecule has 12 nitrogen and oxygen atoms in total. The number of anilines is 1. The lowest BCUT2D eigenvalue weighted by Gasteiger charge is -2.49. The number of nitrogens with zero attached hydrogens (tertiary/aromatic N) is 5. The Morgan fingerprint density at radius 2 is 2.16 bits per heavy atom. The van der Waals surface area contributed by atoms with Crippen molar-refractivity contribution in [1.29, 1.82) is 0 Å². The molecule has 2 aliphatic heterocycles. The number of hydrogen-bond donors (Lipinski definition) is 3. The van der Waals surface area contributed by atoms with Gasteiger partial charge in [0.1, 0.15) is 24.2 Å². The molecule has 2 aromatic heterocycles. The zero-order chi connectivity index (χ0) is 22.8. The van der Waals surface area contributed by atoms with E-state index in [1.807, 2.05) is 35.2 Å². The monoisotopic (exact) mass is 476 g/mol. The summed E-state index contributed by atoms with van der Waals surface area (Å²) in [6.07, 6.45) is 3.64. The maximum absolute atomic E-state index is 12.8. The zero-order valence-corrected chi connectivity index (χ0v) is 18.3. The summed E-state index contributed by atoms with van der Waals surface area (Å²) in [6, 6.07) is 4.61. The Bertz CT molecular complexity index is 1130. The van der Waals surface area contributed by atoms with Crippen LogP contribution in [0, 0.1) is 0 Å². The third-order valence-electron chi connectivity index (χ3n) is 4.74. The maximum Gasteiger partial charge on any atom is 0.352 e. The summed E-state index contributed by atoms with van der Waals surface area (Å²) in [4.78, 5) is 47.4. The number of amides is 2. The molecule has 0 saturated carbocycles. The Labute approximate surface area is 189 Å². The molecule has 4 heterocycles.